The summed E-state index contributed by atoms with van der Waals surface area (Å²) in [5.74, 6) is 0.318. The van der Waals surface area contributed by atoms with Crippen LogP contribution in [0.5, 0.6) is 0 Å². The van der Waals surface area contributed by atoms with Crippen LogP contribution < -0.4 is 0 Å². The van der Waals surface area contributed by atoms with Gasteiger partial charge in [0.15, 0.2) is 5.79 Å². The molecule has 0 heterocycles. The molecule has 0 radical (unpaired) electrons. The predicted octanol–water partition coefficient (Wildman–Crippen LogP) is 3.80. The standard InChI is InChI=1S/C19H28O2/c1-17-10-4-3-5-13(17)6-7-14-15(17)8-11-18(2)16(14)9-12-19(18,20)21/h4,7,10,13,15-16,20-21H,3,5-6,8-9,11-12H2,1-2H3/t13?,15-,16+,17+,18+/m1/s1. The summed E-state index contributed by atoms with van der Waals surface area (Å²) in [6, 6.07) is 0. The smallest absolute Gasteiger partial charge is 0.168 e. The minimum absolute atomic E-state index is 0.305. The zero-order chi connectivity index (χ0) is 14.9. The van der Waals surface area contributed by atoms with Crippen LogP contribution in [0, 0.1) is 28.6 Å². The van der Waals surface area contributed by atoms with Crippen molar-refractivity contribution in [3.05, 3.63) is 23.8 Å². The maximum atomic E-state index is 10.5. The Morgan fingerprint density at radius 3 is 2.62 bits per heavy atom. The van der Waals surface area contributed by atoms with E-state index in [1.165, 1.54) is 19.3 Å². The third-order valence-electron chi connectivity index (χ3n) is 7.65. The Morgan fingerprint density at radius 2 is 1.81 bits per heavy atom. The molecule has 0 spiro atoms. The molecule has 5 atom stereocenters. The second-order valence-corrected chi connectivity index (χ2v) is 8.40. The minimum atomic E-state index is -1.47. The molecule has 2 fully saturated rings. The van der Waals surface area contributed by atoms with Gasteiger partial charge in [-0.05, 0) is 61.7 Å². The van der Waals surface area contributed by atoms with Crippen molar-refractivity contribution in [2.24, 2.45) is 28.6 Å². The SMILES string of the molecule is C[C@]12C=CCCC1CC=C1[C@H]2CC[C@@]2(C)[C@H]1CCC2(O)O. The van der Waals surface area contributed by atoms with E-state index < -0.39 is 5.79 Å². The van der Waals surface area contributed by atoms with Crippen LogP contribution in [0.4, 0.5) is 0 Å². The quantitative estimate of drug-likeness (QED) is 0.526. The van der Waals surface area contributed by atoms with Crippen molar-refractivity contribution >= 4 is 0 Å². The Balaban J connectivity index is 1.75. The Labute approximate surface area is 127 Å². The molecule has 0 aliphatic heterocycles. The molecule has 2 heteroatoms. The molecule has 4 aliphatic rings. The van der Waals surface area contributed by atoms with Gasteiger partial charge in [0.05, 0.1) is 0 Å². The van der Waals surface area contributed by atoms with Crippen LogP contribution in [0.15, 0.2) is 23.8 Å². The third-order valence-corrected chi connectivity index (χ3v) is 7.65. The lowest BCUT2D eigenvalue weighted by molar-refractivity contribution is -0.234. The molecular weight excluding hydrogens is 260 g/mol. The van der Waals surface area contributed by atoms with E-state index in [2.05, 4.69) is 32.1 Å². The summed E-state index contributed by atoms with van der Waals surface area (Å²) < 4.78 is 0. The average Bonchev–Trinajstić information content (AvgIpc) is 2.69. The molecule has 0 aromatic heterocycles. The summed E-state index contributed by atoms with van der Waals surface area (Å²) in [7, 11) is 0. The zero-order valence-electron chi connectivity index (χ0n) is 13.3. The number of rotatable bonds is 0. The van der Waals surface area contributed by atoms with Crippen LogP contribution in [0.25, 0.3) is 0 Å². The van der Waals surface area contributed by atoms with Gasteiger partial charge in [-0.15, -0.1) is 0 Å². The van der Waals surface area contributed by atoms with Crippen LogP contribution in [-0.4, -0.2) is 16.0 Å². The second-order valence-electron chi connectivity index (χ2n) is 8.40. The molecular formula is C19H28O2. The fourth-order valence-electron chi connectivity index (χ4n) is 6.08. The molecule has 4 aliphatic carbocycles. The van der Waals surface area contributed by atoms with Crippen molar-refractivity contribution in [3.63, 3.8) is 0 Å². The van der Waals surface area contributed by atoms with E-state index in [-0.39, 0.29) is 5.41 Å². The Bertz CT molecular complexity index is 518. The van der Waals surface area contributed by atoms with E-state index in [0.29, 0.717) is 23.7 Å². The van der Waals surface area contributed by atoms with Gasteiger partial charge in [0.2, 0.25) is 0 Å². The van der Waals surface area contributed by atoms with Gasteiger partial charge in [0, 0.05) is 11.8 Å². The highest BCUT2D eigenvalue weighted by molar-refractivity contribution is 5.31. The summed E-state index contributed by atoms with van der Waals surface area (Å²) in [5.41, 5.74) is 1.52. The molecule has 0 amide bonds. The number of allylic oxidation sites excluding steroid dienone is 4. The van der Waals surface area contributed by atoms with Gasteiger partial charge in [-0.1, -0.05) is 37.6 Å². The summed E-state index contributed by atoms with van der Waals surface area (Å²) in [6.07, 6.45) is 14.6. The molecule has 0 aromatic rings. The lowest BCUT2D eigenvalue weighted by Crippen LogP contribution is -2.51. The third kappa shape index (κ3) is 1.66. The van der Waals surface area contributed by atoms with Gasteiger partial charge in [-0.25, -0.2) is 0 Å². The van der Waals surface area contributed by atoms with Gasteiger partial charge >= 0.3 is 0 Å². The van der Waals surface area contributed by atoms with Gasteiger partial charge in [-0.2, -0.15) is 0 Å². The molecule has 0 bridgehead atoms. The lowest BCUT2D eigenvalue weighted by Gasteiger charge is -2.55. The zero-order valence-corrected chi connectivity index (χ0v) is 13.3. The van der Waals surface area contributed by atoms with E-state index in [0.717, 1.165) is 25.2 Å². The first-order chi connectivity index (χ1) is 9.88. The summed E-state index contributed by atoms with van der Waals surface area (Å²) in [4.78, 5) is 0. The van der Waals surface area contributed by atoms with Crippen LogP contribution in [0.1, 0.15) is 58.8 Å². The molecule has 0 saturated heterocycles. The molecule has 2 saturated carbocycles. The summed E-state index contributed by atoms with van der Waals surface area (Å²) in [6.45, 7) is 4.56. The van der Waals surface area contributed by atoms with Crippen molar-refractivity contribution in [3.8, 4) is 0 Å². The first kappa shape index (κ1) is 14.0. The van der Waals surface area contributed by atoms with Gasteiger partial charge in [0.25, 0.3) is 0 Å². The topological polar surface area (TPSA) is 40.5 Å². The van der Waals surface area contributed by atoms with Crippen molar-refractivity contribution in [2.45, 2.75) is 64.6 Å². The Kier molecular flexibility index (Phi) is 2.83. The second kappa shape index (κ2) is 4.23. The van der Waals surface area contributed by atoms with E-state index in [1.54, 1.807) is 5.57 Å². The maximum Gasteiger partial charge on any atom is 0.168 e. The van der Waals surface area contributed by atoms with E-state index in [4.69, 9.17) is 0 Å². The molecule has 116 valence electrons. The van der Waals surface area contributed by atoms with Gasteiger partial charge < -0.3 is 10.2 Å². The fraction of sp³-hybridized carbons (Fsp3) is 0.789. The number of aliphatic hydroxyl groups is 2. The number of hydrogen-bond acceptors (Lipinski definition) is 2. The van der Waals surface area contributed by atoms with Crippen LogP contribution in [0.2, 0.25) is 0 Å². The van der Waals surface area contributed by atoms with E-state index in [1.807, 2.05) is 0 Å². The van der Waals surface area contributed by atoms with Crippen molar-refractivity contribution in [1.29, 1.82) is 0 Å². The van der Waals surface area contributed by atoms with E-state index >= 15 is 0 Å². The highest BCUT2D eigenvalue weighted by atomic mass is 16.5. The molecule has 4 rings (SSSR count). The molecule has 0 aromatic carbocycles. The fourth-order valence-corrected chi connectivity index (χ4v) is 6.08. The normalized spacial score (nSPS) is 50.9. The molecule has 1 unspecified atom stereocenters. The predicted molar refractivity (Wildman–Crippen MR) is 83.4 cm³/mol. The summed E-state index contributed by atoms with van der Waals surface area (Å²) >= 11 is 0. The average molecular weight is 288 g/mol. The molecule has 21 heavy (non-hydrogen) atoms. The van der Waals surface area contributed by atoms with Crippen LogP contribution in [-0.2, 0) is 0 Å². The largest absolute Gasteiger partial charge is 0.365 e. The Hall–Kier alpha value is -0.600. The highest BCUT2D eigenvalue weighted by Gasteiger charge is 2.61. The number of fused-ring (bicyclic) bond motifs is 5. The first-order valence-electron chi connectivity index (χ1n) is 8.71. The molecule has 2 nitrogen and oxygen atoms in total. The number of hydrogen-bond donors (Lipinski definition) is 2. The van der Waals surface area contributed by atoms with Crippen LogP contribution >= 0.6 is 0 Å². The van der Waals surface area contributed by atoms with Gasteiger partial charge in [-0.3, -0.25) is 0 Å². The van der Waals surface area contributed by atoms with E-state index in [9.17, 15) is 10.2 Å². The van der Waals surface area contributed by atoms with Crippen molar-refractivity contribution < 1.29 is 10.2 Å². The monoisotopic (exact) mass is 288 g/mol. The Morgan fingerprint density at radius 1 is 1.05 bits per heavy atom. The lowest BCUT2D eigenvalue weighted by atomic mass is 9.50. The van der Waals surface area contributed by atoms with Crippen molar-refractivity contribution in [1.82, 2.24) is 0 Å². The van der Waals surface area contributed by atoms with Crippen LogP contribution in [0.3, 0.4) is 0 Å². The van der Waals surface area contributed by atoms with Crippen molar-refractivity contribution in [2.75, 3.05) is 0 Å². The maximum absolute atomic E-state index is 10.5. The first-order valence-corrected chi connectivity index (χ1v) is 8.71. The molecule has 2 N–H and O–H groups in total. The highest BCUT2D eigenvalue weighted by Crippen LogP contribution is 2.65. The summed E-state index contributed by atoms with van der Waals surface area (Å²) in [5, 5.41) is 20.9. The minimum Gasteiger partial charge on any atom is -0.365 e. The van der Waals surface area contributed by atoms with Gasteiger partial charge in [0.1, 0.15) is 0 Å².